The van der Waals surface area contributed by atoms with Gasteiger partial charge in [-0.05, 0) is 34.1 Å². The topological polar surface area (TPSA) is 64.4 Å². The summed E-state index contributed by atoms with van der Waals surface area (Å²) in [5, 5.41) is 3.11. The molecular formula is C10H11BrN2O2. The van der Waals surface area contributed by atoms with Crippen molar-refractivity contribution in [2.75, 3.05) is 13.1 Å². The standard InChI is InChI=1S/C10H11BrN2O2/c11-9-3-6(15-7-4-13-5-7)1-2-8(9)10(12)14/h1-3,7,13H,4-5H2,(H2,12,14). The minimum Gasteiger partial charge on any atom is -0.488 e. The number of ether oxygens (including phenoxy) is 1. The first-order valence-electron chi connectivity index (χ1n) is 4.63. The van der Waals surface area contributed by atoms with Gasteiger partial charge in [0.25, 0.3) is 0 Å². The molecule has 3 N–H and O–H groups in total. The molecule has 1 aliphatic rings. The van der Waals surface area contributed by atoms with Crippen LogP contribution in [0.2, 0.25) is 0 Å². The quantitative estimate of drug-likeness (QED) is 0.858. The van der Waals surface area contributed by atoms with Crippen LogP contribution in [-0.4, -0.2) is 25.1 Å². The Balaban J connectivity index is 2.13. The predicted octanol–water partition coefficient (Wildman–Crippen LogP) is 0.899. The Kier molecular flexibility index (Phi) is 2.93. The molecule has 80 valence electrons. The van der Waals surface area contributed by atoms with Gasteiger partial charge in [-0.3, -0.25) is 4.79 Å². The number of nitrogens with two attached hydrogens (primary N) is 1. The first-order valence-corrected chi connectivity index (χ1v) is 5.43. The van der Waals surface area contributed by atoms with E-state index < -0.39 is 5.91 Å². The van der Waals surface area contributed by atoms with Crippen molar-refractivity contribution in [1.82, 2.24) is 5.32 Å². The Morgan fingerprint density at radius 2 is 2.27 bits per heavy atom. The summed E-state index contributed by atoms with van der Waals surface area (Å²) in [6, 6.07) is 5.18. The van der Waals surface area contributed by atoms with E-state index in [0.717, 1.165) is 18.8 Å². The second-order valence-corrected chi connectivity index (χ2v) is 4.26. The highest BCUT2D eigenvalue weighted by molar-refractivity contribution is 9.10. The molecule has 1 aromatic rings. The van der Waals surface area contributed by atoms with E-state index in [1.807, 2.05) is 0 Å². The van der Waals surface area contributed by atoms with Crippen LogP contribution in [0, 0.1) is 0 Å². The molecule has 1 aromatic carbocycles. The number of benzene rings is 1. The molecule has 1 aliphatic heterocycles. The average molecular weight is 271 g/mol. The van der Waals surface area contributed by atoms with E-state index in [0.29, 0.717) is 10.0 Å². The van der Waals surface area contributed by atoms with Crippen LogP contribution in [-0.2, 0) is 0 Å². The lowest BCUT2D eigenvalue weighted by Gasteiger charge is -2.27. The van der Waals surface area contributed by atoms with Crippen LogP contribution in [0.15, 0.2) is 22.7 Å². The molecule has 15 heavy (non-hydrogen) atoms. The van der Waals surface area contributed by atoms with E-state index in [-0.39, 0.29) is 6.10 Å². The lowest BCUT2D eigenvalue weighted by atomic mass is 10.2. The van der Waals surface area contributed by atoms with Gasteiger partial charge in [0, 0.05) is 17.6 Å². The third-order valence-electron chi connectivity index (χ3n) is 2.25. The number of rotatable bonds is 3. The molecule has 1 fully saturated rings. The number of carbonyl (C=O) groups is 1. The van der Waals surface area contributed by atoms with Crippen molar-refractivity contribution in [3.63, 3.8) is 0 Å². The number of primary amides is 1. The van der Waals surface area contributed by atoms with Crippen LogP contribution in [0.3, 0.4) is 0 Å². The minimum atomic E-state index is -0.446. The van der Waals surface area contributed by atoms with Gasteiger partial charge in [0.05, 0.1) is 5.56 Å². The molecule has 5 heteroatoms. The molecule has 0 bridgehead atoms. The molecule has 4 nitrogen and oxygen atoms in total. The number of amides is 1. The van der Waals surface area contributed by atoms with Gasteiger partial charge in [0.1, 0.15) is 11.9 Å². The monoisotopic (exact) mass is 270 g/mol. The third kappa shape index (κ3) is 2.30. The van der Waals surface area contributed by atoms with Gasteiger partial charge in [-0.1, -0.05) is 0 Å². The van der Waals surface area contributed by atoms with Crippen LogP contribution in [0.4, 0.5) is 0 Å². The molecule has 0 spiro atoms. The molecule has 0 aliphatic carbocycles. The molecule has 0 saturated carbocycles. The fraction of sp³-hybridized carbons (Fsp3) is 0.300. The second kappa shape index (κ2) is 4.20. The predicted molar refractivity (Wildman–Crippen MR) is 59.9 cm³/mol. The smallest absolute Gasteiger partial charge is 0.249 e. The zero-order valence-electron chi connectivity index (χ0n) is 8.00. The van der Waals surface area contributed by atoms with Gasteiger partial charge in [-0.2, -0.15) is 0 Å². The minimum absolute atomic E-state index is 0.233. The zero-order chi connectivity index (χ0) is 10.8. The van der Waals surface area contributed by atoms with E-state index in [9.17, 15) is 4.79 Å². The normalized spacial score (nSPS) is 15.8. The molecule has 1 saturated heterocycles. The number of nitrogens with one attached hydrogen (secondary N) is 1. The average Bonchev–Trinajstić information content (AvgIpc) is 2.11. The first-order chi connectivity index (χ1) is 7.16. The number of hydrogen-bond acceptors (Lipinski definition) is 3. The van der Waals surface area contributed by atoms with E-state index in [4.69, 9.17) is 10.5 Å². The molecule has 0 aromatic heterocycles. The van der Waals surface area contributed by atoms with E-state index in [2.05, 4.69) is 21.2 Å². The van der Waals surface area contributed by atoms with Crippen molar-refractivity contribution in [3.8, 4) is 5.75 Å². The van der Waals surface area contributed by atoms with Gasteiger partial charge >= 0.3 is 0 Å². The highest BCUT2D eigenvalue weighted by Crippen LogP contribution is 2.23. The van der Waals surface area contributed by atoms with Crippen molar-refractivity contribution < 1.29 is 9.53 Å². The summed E-state index contributed by atoms with van der Waals surface area (Å²) in [6.07, 6.45) is 0.233. The van der Waals surface area contributed by atoms with Crippen LogP contribution in [0.5, 0.6) is 5.75 Å². The summed E-state index contributed by atoms with van der Waals surface area (Å²) in [6.45, 7) is 1.74. The van der Waals surface area contributed by atoms with Crippen LogP contribution < -0.4 is 15.8 Å². The molecule has 1 amide bonds. The molecule has 0 atom stereocenters. The maximum atomic E-state index is 11.0. The fourth-order valence-electron chi connectivity index (χ4n) is 1.31. The van der Waals surface area contributed by atoms with Crippen molar-refractivity contribution in [1.29, 1.82) is 0 Å². The van der Waals surface area contributed by atoms with Gasteiger partial charge in [0.2, 0.25) is 5.91 Å². The summed E-state index contributed by atoms with van der Waals surface area (Å²) >= 11 is 3.28. The van der Waals surface area contributed by atoms with Gasteiger partial charge in [-0.25, -0.2) is 0 Å². The third-order valence-corrected chi connectivity index (χ3v) is 2.91. The molecule has 1 heterocycles. The highest BCUT2D eigenvalue weighted by Gasteiger charge is 2.18. The Bertz CT molecular complexity index is 391. The summed E-state index contributed by atoms with van der Waals surface area (Å²) in [5.74, 6) is 0.303. The van der Waals surface area contributed by atoms with Crippen LogP contribution in [0.25, 0.3) is 0 Å². The molecule has 0 radical (unpaired) electrons. The zero-order valence-corrected chi connectivity index (χ0v) is 9.58. The maximum absolute atomic E-state index is 11.0. The van der Waals surface area contributed by atoms with Crippen molar-refractivity contribution in [3.05, 3.63) is 28.2 Å². The van der Waals surface area contributed by atoms with Crippen LogP contribution in [0.1, 0.15) is 10.4 Å². The molecule has 0 unspecified atom stereocenters. The largest absolute Gasteiger partial charge is 0.488 e. The Morgan fingerprint density at radius 3 is 2.73 bits per heavy atom. The van der Waals surface area contributed by atoms with Gasteiger partial charge < -0.3 is 15.8 Å². The van der Waals surface area contributed by atoms with Crippen molar-refractivity contribution in [2.45, 2.75) is 6.10 Å². The Morgan fingerprint density at radius 1 is 1.53 bits per heavy atom. The number of hydrogen-bond donors (Lipinski definition) is 2. The van der Waals surface area contributed by atoms with E-state index in [1.165, 1.54) is 0 Å². The summed E-state index contributed by atoms with van der Waals surface area (Å²) < 4.78 is 6.29. The summed E-state index contributed by atoms with van der Waals surface area (Å²) in [7, 11) is 0. The summed E-state index contributed by atoms with van der Waals surface area (Å²) in [4.78, 5) is 11.0. The Labute approximate surface area is 95.9 Å². The van der Waals surface area contributed by atoms with E-state index >= 15 is 0 Å². The second-order valence-electron chi connectivity index (χ2n) is 3.40. The molecular weight excluding hydrogens is 260 g/mol. The van der Waals surface area contributed by atoms with Crippen molar-refractivity contribution in [2.24, 2.45) is 5.73 Å². The first kappa shape index (κ1) is 10.4. The fourth-order valence-corrected chi connectivity index (χ4v) is 1.86. The van der Waals surface area contributed by atoms with Gasteiger partial charge in [-0.15, -0.1) is 0 Å². The van der Waals surface area contributed by atoms with Gasteiger partial charge in [0.15, 0.2) is 0 Å². The lowest BCUT2D eigenvalue weighted by molar-refractivity contribution is 0.0999. The lowest BCUT2D eigenvalue weighted by Crippen LogP contribution is -2.50. The SMILES string of the molecule is NC(=O)c1ccc(OC2CNC2)cc1Br. The van der Waals surface area contributed by atoms with E-state index in [1.54, 1.807) is 18.2 Å². The summed E-state index contributed by atoms with van der Waals surface area (Å²) in [5.41, 5.74) is 5.65. The number of halogens is 1. The highest BCUT2D eigenvalue weighted by atomic mass is 79.9. The maximum Gasteiger partial charge on any atom is 0.249 e. The molecule has 2 rings (SSSR count). The van der Waals surface area contributed by atoms with Crippen LogP contribution >= 0.6 is 15.9 Å². The number of carbonyl (C=O) groups excluding carboxylic acids is 1. The van der Waals surface area contributed by atoms with Crippen molar-refractivity contribution >= 4 is 21.8 Å². The Hall–Kier alpha value is -1.07.